The molecule has 0 atom stereocenters. The van der Waals surface area contributed by atoms with Gasteiger partial charge in [0, 0.05) is 42.7 Å². The molecule has 10 aromatic rings. The Bertz CT molecular complexity index is 3060. The molecule has 0 aliphatic carbocycles. The Morgan fingerprint density at radius 1 is 0.510 bits per heavy atom. The molecule has 4 nitrogen and oxygen atoms in total. The molecule has 226 valence electrons. The molecule has 0 unspecified atom stereocenters. The van der Waals surface area contributed by atoms with Crippen molar-refractivity contribution in [2.75, 3.05) is 0 Å². The number of para-hydroxylation sites is 2. The van der Waals surface area contributed by atoms with Crippen molar-refractivity contribution in [1.29, 1.82) is 10.5 Å². The van der Waals surface area contributed by atoms with E-state index in [0.717, 1.165) is 55.4 Å². The fraction of sp³-hybridized carbons (Fsp3) is 0. The van der Waals surface area contributed by atoms with E-state index < -0.39 is 0 Å². The highest BCUT2D eigenvalue weighted by molar-refractivity contribution is 7.26. The fourth-order valence-electron chi connectivity index (χ4n) is 7.47. The SMILES string of the molecule is N#Cc1cc(C#N)cc(-c2ccc(-n3c4ccccc4c4ccc5c6ccccc6sc5c43)cc2-c2ccc3oc4ccccc4c3c2)c1. The molecule has 0 N–H and O–H groups in total. The van der Waals surface area contributed by atoms with Crippen LogP contribution in [0.3, 0.4) is 0 Å². The van der Waals surface area contributed by atoms with E-state index in [1.807, 2.05) is 47.7 Å². The average Bonchev–Trinajstić information content (AvgIpc) is 3.83. The van der Waals surface area contributed by atoms with Crippen LogP contribution in [0.2, 0.25) is 0 Å². The van der Waals surface area contributed by atoms with Gasteiger partial charge < -0.3 is 8.98 Å². The second kappa shape index (κ2) is 10.4. The Labute approximate surface area is 284 Å². The minimum absolute atomic E-state index is 0.454. The van der Waals surface area contributed by atoms with Gasteiger partial charge in [-0.3, -0.25) is 0 Å². The fourth-order valence-corrected chi connectivity index (χ4v) is 8.71. The van der Waals surface area contributed by atoms with Gasteiger partial charge in [0.2, 0.25) is 0 Å². The van der Waals surface area contributed by atoms with E-state index in [1.54, 1.807) is 6.07 Å². The first kappa shape index (κ1) is 27.5. The highest BCUT2D eigenvalue weighted by Crippen LogP contribution is 2.44. The largest absolute Gasteiger partial charge is 0.456 e. The maximum absolute atomic E-state index is 9.85. The molecule has 0 amide bonds. The number of rotatable bonds is 3. The molecule has 3 heterocycles. The van der Waals surface area contributed by atoms with E-state index in [-0.39, 0.29) is 0 Å². The Kier molecular flexibility index (Phi) is 5.84. The van der Waals surface area contributed by atoms with Crippen LogP contribution < -0.4 is 0 Å². The summed E-state index contributed by atoms with van der Waals surface area (Å²) in [4.78, 5) is 0. The smallest absolute Gasteiger partial charge is 0.135 e. The number of nitrogens with zero attached hydrogens (tertiary/aromatic N) is 3. The topological polar surface area (TPSA) is 65.7 Å². The van der Waals surface area contributed by atoms with Gasteiger partial charge >= 0.3 is 0 Å². The van der Waals surface area contributed by atoms with Crippen molar-refractivity contribution in [3.8, 4) is 40.1 Å². The normalized spacial score (nSPS) is 11.6. The molecular weight excluding hydrogens is 619 g/mol. The Balaban J connectivity index is 1.31. The van der Waals surface area contributed by atoms with Crippen molar-refractivity contribution < 1.29 is 4.42 Å². The molecular formula is C44H23N3OS. The zero-order chi connectivity index (χ0) is 32.6. The number of hydrogen-bond acceptors (Lipinski definition) is 4. The lowest BCUT2D eigenvalue weighted by Gasteiger charge is -2.16. The van der Waals surface area contributed by atoms with E-state index in [1.165, 1.54) is 36.5 Å². The number of fused-ring (bicyclic) bond motifs is 10. The summed E-state index contributed by atoms with van der Waals surface area (Å²) in [5, 5.41) is 26.7. The molecule has 5 heteroatoms. The summed E-state index contributed by atoms with van der Waals surface area (Å²) in [6.45, 7) is 0. The van der Waals surface area contributed by atoms with Gasteiger partial charge in [-0.2, -0.15) is 10.5 Å². The van der Waals surface area contributed by atoms with E-state index in [0.29, 0.717) is 11.1 Å². The lowest BCUT2D eigenvalue weighted by molar-refractivity contribution is 0.669. The molecule has 0 radical (unpaired) electrons. The van der Waals surface area contributed by atoms with Crippen molar-refractivity contribution in [1.82, 2.24) is 4.57 Å². The summed E-state index contributed by atoms with van der Waals surface area (Å²) in [7, 11) is 0. The Morgan fingerprint density at radius 3 is 2.06 bits per heavy atom. The second-order valence-electron chi connectivity index (χ2n) is 12.4. The molecule has 0 spiro atoms. The molecule has 7 aromatic carbocycles. The van der Waals surface area contributed by atoms with Gasteiger partial charge in [-0.25, -0.2) is 0 Å². The lowest BCUT2D eigenvalue weighted by Crippen LogP contribution is -1.96. The van der Waals surface area contributed by atoms with Crippen LogP contribution in [0.25, 0.3) is 91.9 Å². The molecule has 0 aliphatic heterocycles. The summed E-state index contributed by atoms with van der Waals surface area (Å²) in [6.07, 6.45) is 0. The molecule has 0 aliphatic rings. The molecule has 49 heavy (non-hydrogen) atoms. The van der Waals surface area contributed by atoms with Gasteiger partial charge in [0.05, 0.1) is 39.0 Å². The lowest BCUT2D eigenvalue weighted by atomic mass is 9.91. The third-order valence-electron chi connectivity index (χ3n) is 9.63. The van der Waals surface area contributed by atoms with E-state index >= 15 is 0 Å². The first-order valence-corrected chi connectivity index (χ1v) is 16.9. The third kappa shape index (κ3) is 4.07. The molecule has 3 aromatic heterocycles. The summed E-state index contributed by atoms with van der Waals surface area (Å²) in [5.41, 5.74) is 9.72. The highest BCUT2D eigenvalue weighted by Gasteiger charge is 2.20. The van der Waals surface area contributed by atoms with E-state index in [9.17, 15) is 10.5 Å². The van der Waals surface area contributed by atoms with Gasteiger partial charge in [-0.1, -0.05) is 78.9 Å². The number of hydrogen-bond donors (Lipinski definition) is 0. The zero-order valence-electron chi connectivity index (χ0n) is 25.9. The second-order valence-corrected chi connectivity index (χ2v) is 13.4. The predicted molar refractivity (Wildman–Crippen MR) is 201 cm³/mol. The van der Waals surface area contributed by atoms with E-state index in [4.69, 9.17) is 4.42 Å². The van der Waals surface area contributed by atoms with Crippen molar-refractivity contribution in [2.45, 2.75) is 0 Å². The van der Waals surface area contributed by atoms with Gasteiger partial charge in [-0.15, -0.1) is 11.3 Å². The molecule has 10 rings (SSSR count). The third-order valence-corrected chi connectivity index (χ3v) is 10.8. The minimum atomic E-state index is 0.454. The van der Waals surface area contributed by atoms with Gasteiger partial charge in [0.25, 0.3) is 0 Å². The van der Waals surface area contributed by atoms with Gasteiger partial charge in [-0.05, 0) is 82.9 Å². The van der Waals surface area contributed by atoms with Crippen LogP contribution in [0.1, 0.15) is 11.1 Å². The van der Waals surface area contributed by atoms with Crippen molar-refractivity contribution in [3.63, 3.8) is 0 Å². The molecule has 0 fully saturated rings. The quantitative estimate of drug-likeness (QED) is 0.193. The van der Waals surface area contributed by atoms with Crippen molar-refractivity contribution in [2.24, 2.45) is 0 Å². The van der Waals surface area contributed by atoms with Gasteiger partial charge in [0.1, 0.15) is 11.2 Å². The Hall–Kier alpha value is -6.66. The van der Waals surface area contributed by atoms with Crippen LogP contribution in [0.4, 0.5) is 0 Å². The first-order chi connectivity index (χ1) is 24.2. The van der Waals surface area contributed by atoms with Crippen LogP contribution in [-0.2, 0) is 0 Å². The number of aromatic nitrogens is 1. The number of thiophene rings is 1. The van der Waals surface area contributed by atoms with Crippen LogP contribution >= 0.6 is 11.3 Å². The average molecular weight is 642 g/mol. The predicted octanol–water partition coefficient (Wildman–Crippen LogP) is 12.1. The number of nitriles is 2. The standard InChI is InChI=1S/C44H23N3OS/c45-24-26-19-27(25-46)21-29(20-26)31-15-14-30(23-37(31)28-13-18-41-38(22-28)33-8-2-5-11-40(33)48-41)47-39-10-4-1-7-32(39)35-16-17-36-34-9-3-6-12-42(34)49-44(36)43(35)47/h1-23H. The molecule has 0 bridgehead atoms. The summed E-state index contributed by atoms with van der Waals surface area (Å²) in [6, 6.07) is 52.6. The van der Waals surface area contributed by atoms with Crippen LogP contribution in [-0.4, -0.2) is 4.57 Å². The minimum Gasteiger partial charge on any atom is -0.456 e. The van der Waals surface area contributed by atoms with Crippen LogP contribution in [0, 0.1) is 22.7 Å². The summed E-state index contributed by atoms with van der Waals surface area (Å²) in [5.74, 6) is 0. The number of furan rings is 1. The molecule has 0 saturated carbocycles. The Morgan fingerprint density at radius 2 is 1.22 bits per heavy atom. The first-order valence-electron chi connectivity index (χ1n) is 16.0. The van der Waals surface area contributed by atoms with E-state index in [2.05, 4.69) is 114 Å². The maximum atomic E-state index is 9.85. The maximum Gasteiger partial charge on any atom is 0.135 e. The highest BCUT2D eigenvalue weighted by atomic mass is 32.1. The monoisotopic (exact) mass is 641 g/mol. The van der Waals surface area contributed by atoms with Gasteiger partial charge in [0.15, 0.2) is 0 Å². The van der Waals surface area contributed by atoms with Crippen LogP contribution in [0.5, 0.6) is 0 Å². The van der Waals surface area contributed by atoms with Crippen molar-refractivity contribution in [3.05, 3.63) is 151 Å². The number of benzene rings is 7. The summed E-state index contributed by atoms with van der Waals surface area (Å²) < 4.78 is 11.1. The summed E-state index contributed by atoms with van der Waals surface area (Å²) >= 11 is 1.84. The van der Waals surface area contributed by atoms with Crippen molar-refractivity contribution >= 4 is 75.3 Å². The molecule has 0 saturated heterocycles. The zero-order valence-corrected chi connectivity index (χ0v) is 26.8. The van der Waals surface area contributed by atoms with Crippen LogP contribution in [0.15, 0.2) is 144 Å².